The number of anilines is 1. The second-order valence-corrected chi connectivity index (χ2v) is 6.66. The Morgan fingerprint density at radius 3 is 2.58 bits per heavy atom. The molecular weight excluding hydrogens is 383 g/mol. The van der Waals surface area contributed by atoms with E-state index < -0.39 is 22.1 Å². The Kier molecular flexibility index (Phi) is 4.16. The molecule has 1 aromatic carbocycles. The second kappa shape index (κ2) is 6.00. The van der Waals surface area contributed by atoms with E-state index >= 15 is 0 Å². The van der Waals surface area contributed by atoms with E-state index in [1.807, 2.05) is 0 Å². The van der Waals surface area contributed by atoms with Gasteiger partial charge in [-0.15, -0.1) is 0 Å². The molecule has 0 amide bonds. The van der Waals surface area contributed by atoms with E-state index in [-0.39, 0.29) is 17.6 Å². The molecule has 3 rings (SSSR count). The third-order valence-corrected chi connectivity index (χ3v) is 4.95. The van der Waals surface area contributed by atoms with Crippen LogP contribution in [0.4, 0.5) is 15.8 Å². The first-order valence-electron chi connectivity index (χ1n) is 7.48. The highest BCUT2D eigenvalue weighted by Gasteiger charge is 2.46. The summed E-state index contributed by atoms with van der Waals surface area (Å²) >= 11 is 3.27. The van der Waals surface area contributed by atoms with Gasteiger partial charge in [0.2, 0.25) is 17.7 Å². The number of rotatable bonds is 2. The molecule has 1 saturated carbocycles. The predicted molar refractivity (Wildman–Crippen MR) is 92.3 cm³/mol. The molecule has 0 radical (unpaired) electrons. The Balaban J connectivity index is 2.25. The van der Waals surface area contributed by atoms with Crippen molar-refractivity contribution in [1.29, 1.82) is 0 Å². The Labute approximate surface area is 145 Å². The van der Waals surface area contributed by atoms with Crippen LogP contribution in [0.1, 0.15) is 32.1 Å². The van der Waals surface area contributed by atoms with Crippen molar-refractivity contribution in [2.75, 3.05) is 4.90 Å². The Bertz CT molecular complexity index is 760. The minimum Gasteiger partial charge on any atom is -0.369 e. The summed E-state index contributed by atoms with van der Waals surface area (Å²) in [6.45, 7) is 0. The van der Waals surface area contributed by atoms with E-state index in [1.54, 1.807) is 0 Å². The minimum atomic E-state index is -0.945. The van der Waals surface area contributed by atoms with Crippen molar-refractivity contribution in [2.24, 2.45) is 21.5 Å². The molecule has 0 bridgehead atoms. The van der Waals surface area contributed by atoms with Crippen molar-refractivity contribution in [1.82, 2.24) is 0 Å². The Morgan fingerprint density at radius 1 is 1.29 bits per heavy atom. The molecule has 0 unspecified atom stereocenters. The molecule has 2 aliphatic rings. The molecule has 1 heterocycles. The number of nitro groups is 1. The quantitative estimate of drug-likeness (QED) is 0.585. The summed E-state index contributed by atoms with van der Waals surface area (Å²) in [4.78, 5) is 20.5. The first-order chi connectivity index (χ1) is 11.4. The summed E-state index contributed by atoms with van der Waals surface area (Å²) in [6.07, 6.45) is 3.95. The van der Waals surface area contributed by atoms with Gasteiger partial charge >= 0.3 is 5.69 Å². The van der Waals surface area contributed by atoms with Crippen LogP contribution in [0.3, 0.4) is 0 Å². The predicted octanol–water partition coefficient (Wildman–Crippen LogP) is 2.61. The molecule has 4 N–H and O–H groups in total. The van der Waals surface area contributed by atoms with Crippen LogP contribution in [-0.4, -0.2) is 22.5 Å². The van der Waals surface area contributed by atoms with E-state index in [0.717, 1.165) is 25.3 Å². The molecule has 8 nitrogen and oxygen atoms in total. The summed E-state index contributed by atoms with van der Waals surface area (Å²) in [7, 11) is 0. The molecule has 0 atom stereocenters. The molecule has 1 fully saturated rings. The summed E-state index contributed by atoms with van der Waals surface area (Å²) in [5.74, 6) is -0.945. The van der Waals surface area contributed by atoms with Crippen molar-refractivity contribution >= 4 is 39.2 Å². The van der Waals surface area contributed by atoms with E-state index in [4.69, 9.17) is 11.5 Å². The van der Waals surface area contributed by atoms with Crippen LogP contribution < -0.4 is 16.4 Å². The highest BCUT2D eigenvalue weighted by Crippen LogP contribution is 2.46. The number of hydrogen-bond donors (Lipinski definition) is 2. The van der Waals surface area contributed by atoms with E-state index in [0.29, 0.717) is 17.3 Å². The standard InChI is InChI=1S/C14H16BrFN6O2/c15-8-4-5-9(16)11(22(23)24)10(8)21-13(18)19-12(17)20-14(21)6-2-1-3-7-14/h4-5H,1-3,6-7H2,(H4,17,18,19,20). The topological polar surface area (TPSA) is 123 Å². The highest BCUT2D eigenvalue weighted by atomic mass is 79.9. The maximum absolute atomic E-state index is 14.2. The van der Waals surface area contributed by atoms with Crippen molar-refractivity contribution in [2.45, 2.75) is 37.8 Å². The van der Waals surface area contributed by atoms with Crippen LogP contribution in [0.15, 0.2) is 26.6 Å². The van der Waals surface area contributed by atoms with Gasteiger partial charge < -0.3 is 11.5 Å². The molecule has 0 saturated heterocycles. The number of nitrogens with zero attached hydrogens (tertiary/aromatic N) is 4. The highest BCUT2D eigenvalue weighted by molar-refractivity contribution is 9.10. The maximum Gasteiger partial charge on any atom is 0.329 e. The van der Waals surface area contributed by atoms with Gasteiger partial charge in [0.1, 0.15) is 11.4 Å². The number of nitro benzene ring substituents is 1. The molecule has 1 spiro atoms. The lowest BCUT2D eigenvalue weighted by atomic mass is 9.87. The van der Waals surface area contributed by atoms with Gasteiger partial charge in [0, 0.05) is 4.47 Å². The molecule has 128 valence electrons. The SMILES string of the molecule is NC1=NC2(CCCCC2)N(c2c(Br)ccc(F)c2[N+](=O)[O-])C(N)=N1. The fourth-order valence-electron chi connectivity index (χ4n) is 3.36. The summed E-state index contributed by atoms with van der Waals surface area (Å²) in [5.41, 5.74) is 10.3. The van der Waals surface area contributed by atoms with Gasteiger partial charge in [-0.3, -0.25) is 15.0 Å². The number of hydrogen-bond acceptors (Lipinski definition) is 7. The second-order valence-electron chi connectivity index (χ2n) is 5.80. The Morgan fingerprint density at radius 2 is 1.96 bits per heavy atom. The lowest BCUT2D eigenvalue weighted by Gasteiger charge is -2.45. The van der Waals surface area contributed by atoms with Crippen molar-refractivity contribution < 1.29 is 9.31 Å². The maximum atomic E-state index is 14.2. The average Bonchev–Trinajstić information content (AvgIpc) is 2.50. The number of aliphatic imine (C=N–C) groups is 2. The molecular formula is C14H16BrFN6O2. The number of nitrogens with two attached hydrogens (primary N) is 2. The van der Waals surface area contributed by atoms with Gasteiger partial charge in [0.05, 0.1) is 4.92 Å². The fraction of sp³-hybridized carbons (Fsp3) is 0.429. The molecule has 1 aliphatic heterocycles. The largest absolute Gasteiger partial charge is 0.369 e. The molecule has 10 heteroatoms. The third-order valence-electron chi connectivity index (χ3n) is 4.31. The van der Waals surface area contributed by atoms with Crippen LogP contribution in [0.2, 0.25) is 0 Å². The average molecular weight is 399 g/mol. The zero-order valence-corrected chi connectivity index (χ0v) is 14.3. The normalized spacial score (nSPS) is 19.8. The third kappa shape index (κ3) is 2.60. The minimum absolute atomic E-state index is 0.0133. The van der Waals surface area contributed by atoms with Crippen molar-refractivity contribution in [3.05, 3.63) is 32.5 Å². The lowest BCUT2D eigenvalue weighted by molar-refractivity contribution is -0.386. The molecule has 0 aromatic heterocycles. The fourth-order valence-corrected chi connectivity index (χ4v) is 3.86. The molecule has 1 aromatic rings. The molecule has 24 heavy (non-hydrogen) atoms. The lowest BCUT2D eigenvalue weighted by Crippen LogP contribution is -2.58. The van der Waals surface area contributed by atoms with Crippen LogP contribution in [0.25, 0.3) is 0 Å². The van der Waals surface area contributed by atoms with Crippen molar-refractivity contribution in [3.8, 4) is 0 Å². The van der Waals surface area contributed by atoms with E-state index in [1.165, 1.54) is 11.0 Å². The van der Waals surface area contributed by atoms with Crippen molar-refractivity contribution in [3.63, 3.8) is 0 Å². The van der Waals surface area contributed by atoms with Gasteiger partial charge in [-0.25, -0.2) is 4.99 Å². The number of halogens is 2. The van der Waals surface area contributed by atoms with Crippen LogP contribution in [-0.2, 0) is 0 Å². The van der Waals surface area contributed by atoms with Gasteiger partial charge in [-0.05, 0) is 53.7 Å². The van der Waals surface area contributed by atoms with Crippen LogP contribution in [0, 0.1) is 15.9 Å². The Hall–Kier alpha value is -2.23. The smallest absolute Gasteiger partial charge is 0.329 e. The number of benzene rings is 1. The first kappa shape index (κ1) is 16.6. The molecule has 1 aliphatic carbocycles. The summed E-state index contributed by atoms with van der Waals surface area (Å²) in [6, 6.07) is 2.44. The number of guanidine groups is 2. The van der Waals surface area contributed by atoms with Crippen LogP contribution >= 0.6 is 15.9 Å². The van der Waals surface area contributed by atoms with Gasteiger partial charge in [-0.1, -0.05) is 6.42 Å². The summed E-state index contributed by atoms with van der Waals surface area (Å²) in [5, 5.41) is 11.5. The van der Waals surface area contributed by atoms with Crippen LogP contribution in [0.5, 0.6) is 0 Å². The van der Waals surface area contributed by atoms with Gasteiger partial charge in [-0.2, -0.15) is 9.38 Å². The monoisotopic (exact) mass is 398 g/mol. The van der Waals surface area contributed by atoms with E-state index in [9.17, 15) is 14.5 Å². The van der Waals surface area contributed by atoms with E-state index in [2.05, 4.69) is 25.9 Å². The zero-order valence-electron chi connectivity index (χ0n) is 12.7. The zero-order chi connectivity index (χ0) is 17.5. The van der Waals surface area contributed by atoms with Gasteiger partial charge in [0.15, 0.2) is 0 Å². The first-order valence-corrected chi connectivity index (χ1v) is 8.27. The summed E-state index contributed by atoms with van der Waals surface area (Å²) < 4.78 is 14.5. The van der Waals surface area contributed by atoms with Gasteiger partial charge in [0.25, 0.3) is 0 Å².